The first-order chi connectivity index (χ1) is 13.0. The summed E-state index contributed by atoms with van der Waals surface area (Å²) in [5.74, 6) is 2.34. The van der Waals surface area contributed by atoms with Crippen molar-refractivity contribution in [3.63, 3.8) is 0 Å². The Kier molecular flexibility index (Phi) is 4.28. The maximum Gasteiger partial charge on any atom is 0.163 e. The molecule has 2 aromatic heterocycles. The van der Waals surface area contributed by atoms with E-state index in [0.29, 0.717) is 5.82 Å². The molecule has 0 spiro atoms. The number of nitrogens with zero attached hydrogens (tertiary/aromatic N) is 5. The van der Waals surface area contributed by atoms with Gasteiger partial charge in [-0.15, -0.1) is 0 Å². The molecule has 0 unspecified atom stereocenters. The second kappa shape index (κ2) is 6.76. The van der Waals surface area contributed by atoms with Gasteiger partial charge in [-0.25, -0.2) is 19.9 Å². The highest BCUT2D eigenvalue weighted by Gasteiger charge is 2.18. The van der Waals surface area contributed by atoms with Gasteiger partial charge in [0.05, 0.1) is 0 Å². The number of hydrogen-bond acceptors (Lipinski definition) is 4. The second-order valence-corrected chi connectivity index (χ2v) is 7.42. The van der Waals surface area contributed by atoms with E-state index in [4.69, 9.17) is 0 Å². The Labute approximate surface area is 158 Å². The van der Waals surface area contributed by atoms with Crippen LogP contribution in [0.2, 0.25) is 0 Å². The molecule has 0 bridgehead atoms. The fraction of sp³-hybridized carbons (Fsp3) is 0.182. The van der Waals surface area contributed by atoms with Gasteiger partial charge in [-0.1, -0.05) is 57.2 Å². The lowest BCUT2D eigenvalue weighted by atomic mass is 9.96. The molecule has 0 fully saturated rings. The fourth-order valence-electron chi connectivity index (χ4n) is 2.91. The van der Waals surface area contributed by atoms with Crippen LogP contribution >= 0.6 is 0 Å². The van der Waals surface area contributed by atoms with E-state index in [1.165, 1.54) is 0 Å². The van der Waals surface area contributed by atoms with Gasteiger partial charge in [0.1, 0.15) is 18.0 Å². The molecule has 2 aromatic carbocycles. The molecule has 0 amide bonds. The van der Waals surface area contributed by atoms with Gasteiger partial charge >= 0.3 is 0 Å². The third-order valence-corrected chi connectivity index (χ3v) is 4.30. The number of benzene rings is 2. The largest absolute Gasteiger partial charge is 0.300 e. The van der Waals surface area contributed by atoms with Crippen LogP contribution in [-0.2, 0) is 5.41 Å². The van der Waals surface area contributed by atoms with Crippen LogP contribution in [-0.4, -0.2) is 24.5 Å². The molecule has 4 aromatic rings. The van der Waals surface area contributed by atoms with Crippen molar-refractivity contribution in [1.29, 1.82) is 0 Å². The van der Waals surface area contributed by atoms with Crippen LogP contribution in [0.4, 0.5) is 0 Å². The highest BCUT2D eigenvalue weighted by Crippen LogP contribution is 2.26. The van der Waals surface area contributed by atoms with E-state index in [1.807, 2.05) is 42.7 Å². The van der Waals surface area contributed by atoms with Crippen LogP contribution < -0.4 is 0 Å². The lowest BCUT2D eigenvalue weighted by Gasteiger charge is -2.16. The summed E-state index contributed by atoms with van der Waals surface area (Å²) in [5, 5.41) is 0. The first-order valence-corrected chi connectivity index (χ1v) is 8.91. The Balaban J connectivity index is 1.76. The normalized spacial score (nSPS) is 11.5. The summed E-state index contributed by atoms with van der Waals surface area (Å²) >= 11 is 0. The molecule has 0 atom stereocenters. The Morgan fingerprint density at radius 1 is 0.815 bits per heavy atom. The Hall–Kier alpha value is -3.34. The zero-order valence-corrected chi connectivity index (χ0v) is 15.7. The number of hydrogen-bond donors (Lipinski definition) is 0. The molecule has 0 aliphatic carbocycles. The topological polar surface area (TPSA) is 56.5 Å². The average Bonchev–Trinajstić information content (AvgIpc) is 3.18. The molecule has 5 heteroatoms. The standard InChI is InChI=1S/C22H21N5/c1-22(2,3)21-25-15-24-19(26-21)16-8-7-9-17(14-16)20-23-12-13-27(20)18-10-5-4-6-11-18/h4-15H,1-3H3. The summed E-state index contributed by atoms with van der Waals surface area (Å²) in [4.78, 5) is 17.9. The van der Waals surface area contributed by atoms with Crippen molar-refractivity contribution in [3.8, 4) is 28.5 Å². The molecule has 5 nitrogen and oxygen atoms in total. The second-order valence-electron chi connectivity index (χ2n) is 7.42. The maximum atomic E-state index is 4.67. The third-order valence-electron chi connectivity index (χ3n) is 4.30. The molecule has 0 N–H and O–H groups in total. The van der Waals surface area contributed by atoms with E-state index < -0.39 is 0 Å². The van der Waals surface area contributed by atoms with Gasteiger partial charge in [-0.3, -0.25) is 4.57 Å². The summed E-state index contributed by atoms with van der Waals surface area (Å²) in [6.45, 7) is 6.29. The van der Waals surface area contributed by atoms with Crippen molar-refractivity contribution in [2.45, 2.75) is 26.2 Å². The molecular weight excluding hydrogens is 334 g/mol. The third kappa shape index (κ3) is 3.49. The van der Waals surface area contributed by atoms with Gasteiger partial charge < -0.3 is 0 Å². The lowest BCUT2D eigenvalue weighted by Crippen LogP contribution is -2.16. The summed E-state index contributed by atoms with van der Waals surface area (Å²) in [6.07, 6.45) is 5.37. The predicted octanol–water partition coefficient (Wildman–Crippen LogP) is 4.69. The van der Waals surface area contributed by atoms with E-state index in [-0.39, 0.29) is 5.41 Å². The zero-order valence-electron chi connectivity index (χ0n) is 15.7. The van der Waals surface area contributed by atoms with Gasteiger partial charge in [0.15, 0.2) is 5.82 Å². The minimum absolute atomic E-state index is 0.126. The number of rotatable bonds is 3. The summed E-state index contributed by atoms with van der Waals surface area (Å²) in [5.41, 5.74) is 2.91. The highest BCUT2D eigenvalue weighted by atomic mass is 15.1. The Morgan fingerprint density at radius 2 is 1.59 bits per heavy atom. The first kappa shape index (κ1) is 17.1. The maximum absolute atomic E-state index is 4.67. The predicted molar refractivity (Wildman–Crippen MR) is 107 cm³/mol. The van der Waals surface area contributed by atoms with Gasteiger partial charge in [-0.05, 0) is 18.2 Å². The molecule has 2 heterocycles. The minimum atomic E-state index is -0.126. The first-order valence-electron chi connectivity index (χ1n) is 8.91. The molecule has 0 radical (unpaired) electrons. The van der Waals surface area contributed by atoms with E-state index >= 15 is 0 Å². The van der Waals surface area contributed by atoms with Crippen molar-refractivity contribution < 1.29 is 0 Å². The Bertz CT molecular complexity index is 1060. The van der Waals surface area contributed by atoms with Crippen molar-refractivity contribution >= 4 is 0 Å². The molecular formula is C22H21N5. The van der Waals surface area contributed by atoms with Crippen LogP contribution in [0, 0.1) is 0 Å². The van der Waals surface area contributed by atoms with Crippen LogP contribution in [0.15, 0.2) is 73.3 Å². The minimum Gasteiger partial charge on any atom is -0.300 e. The van der Waals surface area contributed by atoms with Crippen LogP contribution in [0.1, 0.15) is 26.6 Å². The van der Waals surface area contributed by atoms with E-state index in [9.17, 15) is 0 Å². The SMILES string of the molecule is CC(C)(C)c1ncnc(-c2cccc(-c3nccn3-c3ccccc3)c2)n1. The quantitative estimate of drug-likeness (QED) is 0.535. The van der Waals surface area contributed by atoms with Gasteiger partial charge in [0.25, 0.3) is 0 Å². The molecule has 0 saturated heterocycles. The van der Waals surface area contributed by atoms with Crippen LogP contribution in [0.25, 0.3) is 28.5 Å². The summed E-state index contributed by atoms with van der Waals surface area (Å²) in [6, 6.07) is 18.3. The van der Waals surface area contributed by atoms with Crippen molar-refractivity contribution in [1.82, 2.24) is 24.5 Å². The van der Waals surface area contributed by atoms with Crippen LogP contribution in [0.5, 0.6) is 0 Å². The van der Waals surface area contributed by atoms with E-state index in [0.717, 1.165) is 28.5 Å². The molecule has 27 heavy (non-hydrogen) atoms. The van der Waals surface area contributed by atoms with Crippen molar-refractivity contribution in [2.24, 2.45) is 0 Å². The van der Waals surface area contributed by atoms with E-state index in [2.05, 4.69) is 69.5 Å². The summed E-state index contributed by atoms with van der Waals surface area (Å²) in [7, 11) is 0. The van der Waals surface area contributed by atoms with Gasteiger partial charge in [0.2, 0.25) is 0 Å². The number of aromatic nitrogens is 5. The zero-order chi connectivity index (χ0) is 18.9. The monoisotopic (exact) mass is 355 g/mol. The molecule has 4 rings (SSSR count). The van der Waals surface area contributed by atoms with Crippen LogP contribution in [0.3, 0.4) is 0 Å². The number of para-hydroxylation sites is 1. The van der Waals surface area contributed by atoms with Crippen molar-refractivity contribution in [2.75, 3.05) is 0 Å². The van der Waals surface area contributed by atoms with Gasteiger partial charge in [-0.2, -0.15) is 0 Å². The van der Waals surface area contributed by atoms with E-state index in [1.54, 1.807) is 6.33 Å². The molecule has 134 valence electrons. The average molecular weight is 355 g/mol. The Morgan fingerprint density at radius 3 is 2.37 bits per heavy atom. The highest BCUT2D eigenvalue weighted by molar-refractivity contribution is 5.67. The smallest absolute Gasteiger partial charge is 0.163 e. The van der Waals surface area contributed by atoms with Crippen molar-refractivity contribution in [3.05, 3.63) is 79.1 Å². The summed E-state index contributed by atoms with van der Waals surface area (Å²) < 4.78 is 2.08. The van der Waals surface area contributed by atoms with Gasteiger partial charge in [0, 0.05) is 34.6 Å². The molecule has 0 saturated carbocycles. The molecule has 0 aliphatic rings. The fourth-order valence-corrected chi connectivity index (χ4v) is 2.91. The number of imidazole rings is 1. The molecule has 0 aliphatic heterocycles. The lowest BCUT2D eigenvalue weighted by molar-refractivity contribution is 0.542.